The number of carbonyl (C=O) groups excluding carboxylic acids is 1. The van der Waals surface area contributed by atoms with Gasteiger partial charge in [0, 0.05) is 28.9 Å². The minimum atomic E-state index is 0.0272. The summed E-state index contributed by atoms with van der Waals surface area (Å²) < 4.78 is 7.17. The number of fused-ring (bicyclic) bond motifs is 1. The third-order valence-electron chi connectivity index (χ3n) is 3.46. The van der Waals surface area contributed by atoms with Gasteiger partial charge in [-0.3, -0.25) is 9.20 Å². The Kier molecular flexibility index (Phi) is 4.34. The molecule has 0 aliphatic heterocycles. The van der Waals surface area contributed by atoms with Crippen molar-refractivity contribution in [1.82, 2.24) is 14.7 Å². The van der Waals surface area contributed by atoms with Crippen LogP contribution in [0.3, 0.4) is 0 Å². The summed E-state index contributed by atoms with van der Waals surface area (Å²) in [4.78, 5) is 17.5. The molecule has 1 aromatic carbocycles. The summed E-state index contributed by atoms with van der Waals surface area (Å²) in [5.41, 5.74) is 2.87. The van der Waals surface area contributed by atoms with Gasteiger partial charge < -0.3 is 10.1 Å². The molecule has 1 N–H and O–H groups in total. The average molecular weight is 329 g/mol. The lowest BCUT2D eigenvalue weighted by Crippen LogP contribution is -2.31. The molecule has 0 radical (unpaired) electrons. The fraction of sp³-hybridized carbons (Fsp3) is 0.294. The topological polar surface area (TPSA) is 55.6 Å². The Morgan fingerprint density at radius 1 is 1.35 bits per heavy atom. The largest absolute Gasteiger partial charge is 0.497 e. The molecule has 5 nitrogen and oxygen atoms in total. The number of nitrogens with zero attached hydrogens (tertiary/aromatic N) is 2. The quantitative estimate of drug-likeness (QED) is 0.782. The van der Waals surface area contributed by atoms with Gasteiger partial charge in [-0.2, -0.15) is 0 Å². The summed E-state index contributed by atoms with van der Waals surface area (Å²) in [7, 11) is 1.65. The molecular weight excluding hydrogens is 310 g/mol. The Labute approximate surface area is 138 Å². The zero-order valence-electron chi connectivity index (χ0n) is 13.4. The van der Waals surface area contributed by atoms with E-state index in [4.69, 9.17) is 4.74 Å². The number of hydrogen-bond donors (Lipinski definition) is 1. The summed E-state index contributed by atoms with van der Waals surface area (Å²) in [6.07, 6.45) is 2.34. The van der Waals surface area contributed by atoms with E-state index in [0.717, 1.165) is 27.7 Å². The fourth-order valence-electron chi connectivity index (χ4n) is 2.39. The molecule has 1 amide bonds. The predicted octanol–water partition coefficient (Wildman–Crippen LogP) is 3.14. The van der Waals surface area contributed by atoms with Crippen LogP contribution in [0, 0.1) is 0 Å². The standard InChI is InChI=1S/C17H19N3O2S/c1-11(2)18-16(21)8-13-10-23-17-19-15(9-20(13)17)12-4-6-14(22-3)7-5-12/h4-7,9-11H,8H2,1-3H3,(H,18,21). The number of imidazole rings is 1. The van der Waals surface area contributed by atoms with E-state index < -0.39 is 0 Å². The third kappa shape index (κ3) is 3.37. The van der Waals surface area contributed by atoms with Crippen LogP contribution in [0.1, 0.15) is 19.5 Å². The summed E-state index contributed by atoms with van der Waals surface area (Å²) in [6, 6.07) is 7.95. The molecule has 0 saturated heterocycles. The normalized spacial score (nSPS) is 11.1. The average Bonchev–Trinajstić information content (AvgIpc) is 3.09. The van der Waals surface area contributed by atoms with Gasteiger partial charge in [0.15, 0.2) is 4.96 Å². The highest BCUT2D eigenvalue weighted by Gasteiger charge is 2.13. The van der Waals surface area contributed by atoms with Gasteiger partial charge in [-0.05, 0) is 38.1 Å². The van der Waals surface area contributed by atoms with E-state index in [1.54, 1.807) is 18.4 Å². The van der Waals surface area contributed by atoms with E-state index >= 15 is 0 Å². The number of ether oxygens (including phenoxy) is 1. The summed E-state index contributed by atoms with van der Waals surface area (Å²) in [5, 5.41) is 4.90. The molecule has 2 heterocycles. The molecule has 3 rings (SSSR count). The zero-order chi connectivity index (χ0) is 16.4. The van der Waals surface area contributed by atoms with E-state index in [2.05, 4.69) is 10.3 Å². The molecule has 3 aromatic rings. The van der Waals surface area contributed by atoms with Crippen molar-refractivity contribution in [2.24, 2.45) is 0 Å². The first-order chi connectivity index (χ1) is 11.1. The van der Waals surface area contributed by atoms with Gasteiger partial charge in [0.2, 0.25) is 5.91 Å². The molecule has 0 atom stereocenters. The number of carbonyl (C=O) groups is 1. The number of thiazole rings is 1. The van der Waals surface area contributed by atoms with Gasteiger partial charge in [0.05, 0.1) is 19.2 Å². The van der Waals surface area contributed by atoms with E-state index in [1.165, 1.54) is 0 Å². The Bertz CT molecular complexity index is 818. The van der Waals surface area contributed by atoms with E-state index in [1.807, 2.05) is 54.1 Å². The highest BCUT2D eigenvalue weighted by molar-refractivity contribution is 7.15. The molecule has 23 heavy (non-hydrogen) atoms. The maximum absolute atomic E-state index is 12.0. The molecule has 0 bridgehead atoms. The summed E-state index contributed by atoms with van der Waals surface area (Å²) >= 11 is 1.55. The van der Waals surface area contributed by atoms with E-state index in [-0.39, 0.29) is 11.9 Å². The van der Waals surface area contributed by atoms with Crippen molar-refractivity contribution in [3.05, 3.63) is 41.5 Å². The number of amides is 1. The minimum absolute atomic E-state index is 0.0272. The molecule has 2 aromatic heterocycles. The first kappa shape index (κ1) is 15.6. The predicted molar refractivity (Wildman–Crippen MR) is 92.0 cm³/mol. The Morgan fingerprint density at radius 3 is 2.74 bits per heavy atom. The van der Waals surface area contributed by atoms with Gasteiger partial charge in [0.25, 0.3) is 0 Å². The Hall–Kier alpha value is -2.34. The zero-order valence-corrected chi connectivity index (χ0v) is 14.2. The van der Waals surface area contributed by atoms with Crippen LogP contribution in [-0.2, 0) is 11.2 Å². The van der Waals surface area contributed by atoms with Crippen LogP contribution in [0.5, 0.6) is 5.75 Å². The van der Waals surface area contributed by atoms with Crippen molar-refractivity contribution in [3.8, 4) is 17.0 Å². The second kappa shape index (κ2) is 6.42. The van der Waals surface area contributed by atoms with Gasteiger partial charge in [-0.15, -0.1) is 11.3 Å². The van der Waals surface area contributed by atoms with Gasteiger partial charge >= 0.3 is 0 Å². The van der Waals surface area contributed by atoms with Crippen LogP contribution in [0.4, 0.5) is 0 Å². The Morgan fingerprint density at radius 2 is 2.09 bits per heavy atom. The highest BCUT2D eigenvalue weighted by atomic mass is 32.1. The van der Waals surface area contributed by atoms with Crippen molar-refractivity contribution >= 4 is 22.2 Å². The van der Waals surface area contributed by atoms with Crippen molar-refractivity contribution < 1.29 is 9.53 Å². The highest BCUT2D eigenvalue weighted by Crippen LogP contribution is 2.25. The molecule has 0 spiro atoms. The van der Waals surface area contributed by atoms with E-state index in [9.17, 15) is 4.79 Å². The summed E-state index contributed by atoms with van der Waals surface area (Å²) in [6.45, 7) is 3.92. The third-order valence-corrected chi connectivity index (χ3v) is 4.35. The van der Waals surface area contributed by atoms with Crippen LogP contribution in [-0.4, -0.2) is 28.4 Å². The number of nitrogens with one attached hydrogen (secondary N) is 1. The first-order valence-electron chi connectivity index (χ1n) is 7.46. The second-order valence-corrected chi connectivity index (χ2v) is 6.47. The van der Waals surface area contributed by atoms with Gasteiger partial charge in [-0.1, -0.05) is 0 Å². The van der Waals surface area contributed by atoms with Crippen molar-refractivity contribution in [2.75, 3.05) is 7.11 Å². The molecule has 6 heteroatoms. The van der Waals surface area contributed by atoms with Crippen LogP contribution < -0.4 is 10.1 Å². The fourth-order valence-corrected chi connectivity index (χ4v) is 3.27. The molecule has 0 fully saturated rings. The van der Waals surface area contributed by atoms with Crippen molar-refractivity contribution in [2.45, 2.75) is 26.3 Å². The number of hydrogen-bond acceptors (Lipinski definition) is 4. The smallest absolute Gasteiger partial charge is 0.226 e. The number of methoxy groups -OCH3 is 1. The molecule has 0 unspecified atom stereocenters. The number of rotatable bonds is 5. The minimum Gasteiger partial charge on any atom is -0.497 e. The van der Waals surface area contributed by atoms with Crippen molar-refractivity contribution in [3.63, 3.8) is 0 Å². The SMILES string of the molecule is COc1ccc(-c2cn3c(CC(=O)NC(C)C)csc3n2)cc1. The first-order valence-corrected chi connectivity index (χ1v) is 8.34. The number of benzene rings is 1. The van der Waals surface area contributed by atoms with Crippen LogP contribution in [0.25, 0.3) is 16.2 Å². The van der Waals surface area contributed by atoms with Crippen LogP contribution in [0.15, 0.2) is 35.8 Å². The lowest BCUT2D eigenvalue weighted by molar-refractivity contribution is -0.120. The lowest BCUT2D eigenvalue weighted by atomic mass is 10.2. The molecule has 0 saturated carbocycles. The van der Waals surface area contributed by atoms with E-state index in [0.29, 0.717) is 6.42 Å². The molecule has 0 aliphatic rings. The second-order valence-electron chi connectivity index (χ2n) is 5.63. The maximum Gasteiger partial charge on any atom is 0.226 e. The molecule has 120 valence electrons. The molecule has 0 aliphatic carbocycles. The number of aromatic nitrogens is 2. The van der Waals surface area contributed by atoms with Gasteiger partial charge in [0.1, 0.15) is 5.75 Å². The monoisotopic (exact) mass is 329 g/mol. The van der Waals surface area contributed by atoms with Crippen molar-refractivity contribution in [1.29, 1.82) is 0 Å². The lowest BCUT2D eigenvalue weighted by Gasteiger charge is -2.07. The molecular formula is C17H19N3O2S. The Balaban J connectivity index is 1.86. The van der Waals surface area contributed by atoms with Crippen LogP contribution >= 0.6 is 11.3 Å². The van der Waals surface area contributed by atoms with Gasteiger partial charge in [-0.25, -0.2) is 4.98 Å². The summed E-state index contributed by atoms with van der Waals surface area (Å²) in [5.74, 6) is 0.847. The van der Waals surface area contributed by atoms with Crippen LogP contribution in [0.2, 0.25) is 0 Å². The maximum atomic E-state index is 12.0.